The molecule has 0 radical (unpaired) electrons. The summed E-state index contributed by atoms with van der Waals surface area (Å²) in [4.78, 5) is 28.4. The van der Waals surface area contributed by atoms with Crippen LogP contribution in [0.3, 0.4) is 0 Å². The van der Waals surface area contributed by atoms with Gasteiger partial charge in [0, 0.05) is 17.0 Å². The van der Waals surface area contributed by atoms with Crippen molar-refractivity contribution in [3.05, 3.63) is 57.9 Å². The SMILES string of the molecule is C#CCOc1ccccc1/C=C(\C#N)C(=O)c1c(C)[nH]c(C)c1C(=O)OCC. The van der Waals surface area contributed by atoms with E-state index >= 15 is 0 Å². The molecule has 0 unspecified atom stereocenters. The van der Waals surface area contributed by atoms with Crippen molar-refractivity contribution in [3.8, 4) is 24.2 Å². The molecule has 28 heavy (non-hydrogen) atoms. The molecular weight excluding hydrogens is 356 g/mol. The van der Waals surface area contributed by atoms with E-state index in [9.17, 15) is 14.9 Å². The molecule has 142 valence electrons. The molecule has 1 aromatic carbocycles. The summed E-state index contributed by atoms with van der Waals surface area (Å²) in [5.74, 6) is 1.64. The first-order valence-corrected chi connectivity index (χ1v) is 8.62. The van der Waals surface area contributed by atoms with Gasteiger partial charge >= 0.3 is 5.97 Å². The second kappa shape index (κ2) is 9.25. The minimum Gasteiger partial charge on any atom is -0.480 e. The van der Waals surface area contributed by atoms with Crippen molar-refractivity contribution in [1.29, 1.82) is 5.26 Å². The first-order valence-electron chi connectivity index (χ1n) is 8.62. The number of hydrogen-bond acceptors (Lipinski definition) is 5. The van der Waals surface area contributed by atoms with Gasteiger partial charge in [0.15, 0.2) is 0 Å². The summed E-state index contributed by atoms with van der Waals surface area (Å²) in [6.45, 7) is 5.26. The number of ketones is 1. The number of nitrogens with zero attached hydrogens (tertiary/aromatic N) is 1. The third-order valence-electron chi connectivity index (χ3n) is 3.98. The predicted octanol–water partition coefficient (Wildman–Crippen LogP) is 3.61. The van der Waals surface area contributed by atoms with Crippen molar-refractivity contribution < 1.29 is 19.1 Å². The summed E-state index contributed by atoms with van der Waals surface area (Å²) < 4.78 is 10.5. The number of nitrogens with one attached hydrogen (secondary N) is 1. The van der Waals surface area contributed by atoms with Gasteiger partial charge in [0.1, 0.15) is 24.0 Å². The lowest BCUT2D eigenvalue weighted by atomic mass is 9.97. The summed E-state index contributed by atoms with van der Waals surface area (Å²) in [7, 11) is 0. The lowest BCUT2D eigenvalue weighted by Gasteiger charge is -2.08. The highest BCUT2D eigenvalue weighted by atomic mass is 16.5. The van der Waals surface area contributed by atoms with E-state index in [1.165, 1.54) is 6.08 Å². The number of rotatable bonds is 7. The molecule has 0 aliphatic heterocycles. The second-order valence-corrected chi connectivity index (χ2v) is 5.88. The van der Waals surface area contributed by atoms with Crippen LogP contribution in [0.15, 0.2) is 29.8 Å². The number of Topliss-reactive ketones (excluding diaryl/α,β-unsaturated/α-hetero) is 1. The first-order chi connectivity index (χ1) is 13.4. The summed E-state index contributed by atoms with van der Waals surface area (Å²) in [6.07, 6.45) is 6.64. The minimum atomic E-state index is -0.609. The molecule has 0 spiro atoms. The van der Waals surface area contributed by atoms with Crippen LogP contribution < -0.4 is 4.74 Å². The fourth-order valence-corrected chi connectivity index (χ4v) is 2.81. The summed E-state index contributed by atoms with van der Waals surface area (Å²) in [5, 5.41) is 9.58. The molecule has 0 fully saturated rings. The van der Waals surface area contributed by atoms with Gasteiger partial charge in [-0.2, -0.15) is 5.26 Å². The van der Waals surface area contributed by atoms with Crippen LogP contribution in [0.5, 0.6) is 5.75 Å². The zero-order valence-corrected chi connectivity index (χ0v) is 16.0. The first kappa shape index (κ1) is 20.5. The van der Waals surface area contributed by atoms with Gasteiger partial charge in [-0.3, -0.25) is 4.79 Å². The highest BCUT2D eigenvalue weighted by Crippen LogP contribution is 2.26. The number of esters is 1. The Labute approximate surface area is 163 Å². The lowest BCUT2D eigenvalue weighted by Crippen LogP contribution is -2.13. The Balaban J connectivity index is 2.52. The van der Waals surface area contributed by atoms with Gasteiger partial charge in [-0.05, 0) is 32.9 Å². The maximum atomic E-state index is 13.1. The Morgan fingerprint density at radius 3 is 2.54 bits per heavy atom. The van der Waals surface area contributed by atoms with Crippen LogP contribution in [0.25, 0.3) is 6.08 Å². The molecule has 2 rings (SSSR count). The van der Waals surface area contributed by atoms with Gasteiger partial charge in [0.25, 0.3) is 0 Å². The fraction of sp³-hybridized carbons (Fsp3) is 0.227. The van der Waals surface area contributed by atoms with Crippen molar-refractivity contribution in [3.63, 3.8) is 0 Å². The molecule has 1 aromatic heterocycles. The average Bonchev–Trinajstić information content (AvgIpc) is 2.98. The summed E-state index contributed by atoms with van der Waals surface area (Å²) in [6, 6.07) is 8.83. The molecule has 0 amide bonds. The highest BCUT2D eigenvalue weighted by Gasteiger charge is 2.27. The Bertz CT molecular complexity index is 1020. The van der Waals surface area contributed by atoms with Crippen LogP contribution in [-0.4, -0.2) is 30.0 Å². The van der Waals surface area contributed by atoms with Crippen molar-refractivity contribution in [2.24, 2.45) is 0 Å². The molecule has 0 saturated heterocycles. The molecule has 1 N–H and O–H groups in total. The van der Waals surface area contributed by atoms with Gasteiger partial charge in [-0.1, -0.05) is 24.1 Å². The smallest absolute Gasteiger partial charge is 0.340 e. The number of aromatic amines is 1. The van der Waals surface area contributed by atoms with Crippen molar-refractivity contribution in [2.45, 2.75) is 20.8 Å². The molecule has 2 aromatic rings. The van der Waals surface area contributed by atoms with Crippen LogP contribution in [0, 0.1) is 37.5 Å². The Morgan fingerprint density at radius 2 is 1.89 bits per heavy atom. The van der Waals surface area contributed by atoms with Crippen molar-refractivity contribution >= 4 is 17.8 Å². The second-order valence-electron chi connectivity index (χ2n) is 5.88. The van der Waals surface area contributed by atoms with Gasteiger partial charge in [-0.25, -0.2) is 4.79 Å². The molecule has 0 aliphatic rings. The third kappa shape index (κ3) is 4.31. The van der Waals surface area contributed by atoms with Crippen LogP contribution in [0.4, 0.5) is 0 Å². The van der Waals surface area contributed by atoms with Gasteiger partial charge < -0.3 is 14.5 Å². The number of benzene rings is 1. The van der Waals surface area contributed by atoms with Crippen LogP contribution in [-0.2, 0) is 4.74 Å². The van der Waals surface area contributed by atoms with E-state index in [1.807, 2.05) is 6.07 Å². The number of hydrogen-bond donors (Lipinski definition) is 1. The normalized spacial score (nSPS) is 10.7. The predicted molar refractivity (Wildman–Crippen MR) is 105 cm³/mol. The molecule has 0 atom stereocenters. The van der Waals surface area contributed by atoms with Crippen LogP contribution in [0.2, 0.25) is 0 Å². The molecule has 6 heteroatoms. The molecule has 0 aliphatic carbocycles. The fourth-order valence-electron chi connectivity index (χ4n) is 2.81. The maximum Gasteiger partial charge on any atom is 0.340 e. The number of terminal acetylenes is 1. The number of carbonyl (C=O) groups excluding carboxylic acids is 2. The Hall–Kier alpha value is -3.77. The number of H-pyrrole nitrogens is 1. The number of ether oxygens (including phenoxy) is 2. The van der Waals surface area contributed by atoms with E-state index in [0.29, 0.717) is 22.7 Å². The minimum absolute atomic E-state index is 0.0593. The topological polar surface area (TPSA) is 92.2 Å². The van der Waals surface area contributed by atoms with Crippen molar-refractivity contribution in [1.82, 2.24) is 4.98 Å². The van der Waals surface area contributed by atoms with Crippen LogP contribution in [0.1, 0.15) is 44.6 Å². The maximum absolute atomic E-state index is 13.1. The lowest BCUT2D eigenvalue weighted by molar-refractivity contribution is 0.0523. The van der Waals surface area contributed by atoms with Gasteiger partial charge in [-0.15, -0.1) is 6.42 Å². The summed E-state index contributed by atoms with van der Waals surface area (Å²) in [5.41, 5.74) is 1.67. The number of nitriles is 1. The number of aryl methyl sites for hydroxylation is 2. The van der Waals surface area contributed by atoms with E-state index in [0.717, 1.165) is 0 Å². The van der Waals surface area contributed by atoms with E-state index in [2.05, 4.69) is 10.9 Å². The molecule has 1 heterocycles. The molecule has 0 saturated carbocycles. The Kier molecular flexibility index (Phi) is 6.79. The van der Waals surface area contributed by atoms with E-state index < -0.39 is 11.8 Å². The van der Waals surface area contributed by atoms with E-state index in [-0.39, 0.29) is 29.9 Å². The number of para-hydroxylation sites is 1. The highest BCUT2D eigenvalue weighted by molar-refractivity contribution is 6.19. The zero-order chi connectivity index (χ0) is 20.7. The third-order valence-corrected chi connectivity index (χ3v) is 3.98. The molecular formula is C22H20N2O4. The molecule has 0 bridgehead atoms. The van der Waals surface area contributed by atoms with E-state index in [1.54, 1.807) is 45.0 Å². The van der Waals surface area contributed by atoms with Gasteiger partial charge in [0.2, 0.25) is 5.78 Å². The summed E-state index contributed by atoms with van der Waals surface area (Å²) >= 11 is 0. The van der Waals surface area contributed by atoms with Crippen molar-refractivity contribution in [2.75, 3.05) is 13.2 Å². The number of allylic oxidation sites excluding steroid dienone is 1. The largest absolute Gasteiger partial charge is 0.480 e. The van der Waals surface area contributed by atoms with E-state index in [4.69, 9.17) is 15.9 Å². The zero-order valence-electron chi connectivity index (χ0n) is 16.0. The Morgan fingerprint density at radius 1 is 1.21 bits per heavy atom. The number of aromatic nitrogens is 1. The standard InChI is InChI=1S/C22H20N2O4/c1-5-11-28-18-10-8-7-9-16(18)12-17(13-23)21(25)19-14(3)24-15(4)20(19)22(26)27-6-2/h1,7-10,12,24H,6,11H2,2-4H3/b17-12+. The monoisotopic (exact) mass is 376 g/mol. The van der Waals surface area contributed by atoms with Crippen LogP contribution >= 0.6 is 0 Å². The number of carbonyl (C=O) groups is 2. The van der Waals surface area contributed by atoms with Gasteiger partial charge in [0.05, 0.1) is 17.7 Å². The average molecular weight is 376 g/mol. The quantitative estimate of drug-likeness (QED) is 0.262. The molecule has 6 nitrogen and oxygen atoms in total.